The lowest BCUT2D eigenvalue weighted by atomic mass is 9.94. The number of carbonyl (C=O) groups is 2. The maximum absolute atomic E-state index is 13.2. The zero-order chi connectivity index (χ0) is 18.6. The van der Waals surface area contributed by atoms with E-state index in [4.69, 9.17) is 4.42 Å². The average molecular weight is 367 g/mol. The summed E-state index contributed by atoms with van der Waals surface area (Å²) >= 11 is 0. The third-order valence-electron chi connectivity index (χ3n) is 5.42. The predicted molar refractivity (Wildman–Crippen MR) is 99.2 cm³/mol. The molecule has 0 spiro atoms. The van der Waals surface area contributed by atoms with E-state index in [1.165, 1.54) is 0 Å². The second kappa shape index (κ2) is 7.94. The highest BCUT2D eigenvalue weighted by Gasteiger charge is 2.36. The Bertz CT molecular complexity index is 763. The van der Waals surface area contributed by atoms with Crippen molar-refractivity contribution in [1.29, 1.82) is 0 Å². The molecule has 0 N–H and O–H groups in total. The van der Waals surface area contributed by atoms with E-state index in [1.54, 1.807) is 18.7 Å². The van der Waals surface area contributed by atoms with Crippen molar-refractivity contribution < 1.29 is 14.0 Å². The van der Waals surface area contributed by atoms with Gasteiger partial charge in [0.25, 0.3) is 0 Å². The smallest absolute Gasteiger partial charge is 0.226 e. The minimum atomic E-state index is -0.0418. The lowest BCUT2D eigenvalue weighted by Gasteiger charge is -2.34. The molecular formula is C21H25N3O3. The molecule has 1 saturated heterocycles. The SMILES string of the molecule is O=C(C1CC1)N1CCC(C(=O)N(Cc2cccnc2)Cc2ccco2)CC1. The fourth-order valence-electron chi connectivity index (χ4n) is 3.71. The summed E-state index contributed by atoms with van der Waals surface area (Å²) < 4.78 is 5.46. The third-order valence-corrected chi connectivity index (χ3v) is 5.42. The minimum Gasteiger partial charge on any atom is -0.467 e. The van der Waals surface area contributed by atoms with Gasteiger partial charge in [0.1, 0.15) is 5.76 Å². The Morgan fingerprint density at radius 3 is 2.52 bits per heavy atom. The molecule has 0 radical (unpaired) electrons. The molecule has 2 aliphatic rings. The van der Waals surface area contributed by atoms with E-state index in [-0.39, 0.29) is 23.7 Å². The number of aromatic nitrogens is 1. The van der Waals surface area contributed by atoms with Gasteiger partial charge in [-0.05, 0) is 49.4 Å². The number of amides is 2. The molecule has 0 aromatic carbocycles. The summed E-state index contributed by atoms with van der Waals surface area (Å²) in [5.74, 6) is 1.39. The Labute approximate surface area is 159 Å². The van der Waals surface area contributed by atoms with Crippen molar-refractivity contribution in [2.75, 3.05) is 13.1 Å². The van der Waals surface area contributed by atoms with Crippen LogP contribution in [0.5, 0.6) is 0 Å². The first-order chi connectivity index (χ1) is 13.2. The quantitative estimate of drug-likeness (QED) is 0.787. The molecule has 27 heavy (non-hydrogen) atoms. The fourth-order valence-corrected chi connectivity index (χ4v) is 3.71. The topological polar surface area (TPSA) is 66.7 Å². The summed E-state index contributed by atoms with van der Waals surface area (Å²) in [7, 11) is 0. The van der Waals surface area contributed by atoms with E-state index in [0.29, 0.717) is 26.2 Å². The number of nitrogens with zero attached hydrogens (tertiary/aromatic N) is 3. The first-order valence-corrected chi connectivity index (χ1v) is 9.69. The van der Waals surface area contributed by atoms with Crippen molar-refractivity contribution >= 4 is 11.8 Å². The van der Waals surface area contributed by atoms with Crippen molar-refractivity contribution in [2.45, 2.75) is 38.8 Å². The molecule has 1 saturated carbocycles. The van der Waals surface area contributed by atoms with Gasteiger partial charge in [0, 0.05) is 43.9 Å². The van der Waals surface area contributed by atoms with Crippen LogP contribution in [0.4, 0.5) is 0 Å². The largest absolute Gasteiger partial charge is 0.467 e. The van der Waals surface area contributed by atoms with E-state index >= 15 is 0 Å². The van der Waals surface area contributed by atoms with Gasteiger partial charge in [0.05, 0.1) is 12.8 Å². The normalized spacial score (nSPS) is 17.7. The summed E-state index contributed by atoms with van der Waals surface area (Å²) in [6.07, 6.45) is 8.68. The molecule has 142 valence electrons. The molecule has 2 aromatic rings. The third kappa shape index (κ3) is 4.38. The Kier molecular flexibility index (Phi) is 5.23. The maximum atomic E-state index is 13.2. The van der Waals surface area contributed by atoms with Crippen molar-refractivity contribution in [3.05, 3.63) is 54.2 Å². The Hall–Kier alpha value is -2.63. The fraction of sp³-hybridized carbons (Fsp3) is 0.476. The number of furan rings is 1. The first-order valence-electron chi connectivity index (χ1n) is 9.69. The molecule has 2 amide bonds. The van der Waals surface area contributed by atoms with E-state index in [0.717, 1.165) is 37.0 Å². The van der Waals surface area contributed by atoms with Gasteiger partial charge in [-0.3, -0.25) is 14.6 Å². The van der Waals surface area contributed by atoms with Crippen molar-refractivity contribution in [1.82, 2.24) is 14.8 Å². The first kappa shape index (κ1) is 17.8. The van der Waals surface area contributed by atoms with E-state index in [1.807, 2.05) is 34.1 Å². The van der Waals surface area contributed by atoms with Crippen LogP contribution in [0.25, 0.3) is 0 Å². The molecule has 3 heterocycles. The van der Waals surface area contributed by atoms with Gasteiger partial charge in [-0.2, -0.15) is 0 Å². The maximum Gasteiger partial charge on any atom is 0.226 e. The Morgan fingerprint density at radius 1 is 1.07 bits per heavy atom. The molecule has 6 heteroatoms. The van der Waals surface area contributed by atoms with Crippen molar-refractivity contribution in [3.8, 4) is 0 Å². The summed E-state index contributed by atoms with van der Waals surface area (Å²) in [6.45, 7) is 2.33. The van der Waals surface area contributed by atoms with E-state index < -0.39 is 0 Å². The van der Waals surface area contributed by atoms with Crippen LogP contribution in [-0.4, -0.2) is 39.7 Å². The standard InChI is InChI=1S/C21H25N3O3/c25-20(17-5-6-17)23-10-7-18(8-11-23)21(26)24(15-19-4-2-12-27-19)14-16-3-1-9-22-13-16/h1-4,9,12-13,17-18H,5-8,10-11,14-15H2. The molecule has 1 aliphatic carbocycles. The summed E-state index contributed by atoms with van der Waals surface area (Å²) in [5, 5.41) is 0. The number of piperidine rings is 1. The van der Waals surface area contributed by atoms with Crippen molar-refractivity contribution in [2.24, 2.45) is 11.8 Å². The second-order valence-electron chi connectivity index (χ2n) is 7.51. The molecule has 0 bridgehead atoms. The van der Waals surface area contributed by atoms with Gasteiger partial charge in [0.2, 0.25) is 11.8 Å². The number of rotatable bonds is 6. The molecule has 2 aromatic heterocycles. The monoisotopic (exact) mass is 367 g/mol. The van der Waals surface area contributed by atoms with E-state index in [2.05, 4.69) is 4.98 Å². The van der Waals surface area contributed by atoms with Crippen LogP contribution in [0, 0.1) is 11.8 Å². The molecule has 0 unspecified atom stereocenters. The van der Waals surface area contributed by atoms with Gasteiger partial charge in [-0.1, -0.05) is 6.07 Å². The zero-order valence-corrected chi connectivity index (χ0v) is 15.4. The van der Waals surface area contributed by atoms with Gasteiger partial charge in [0.15, 0.2) is 0 Å². The van der Waals surface area contributed by atoms with Crippen molar-refractivity contribution in [3.63, 3.8) is 0 Å². The molecular weight excluding hydrogens is 342 g/mol. The van der Waals surface area contributed by atoms with Crippen LogP contribution in [0.1, 0.15) is 37.0 Å². The van der Waals surface area contributed by atoms with Crippen LogP contribution < -0.4 is 0 Å². The van der Waals surface area contributed by atoms with Gasteiger partial charge in [-0.25, -0.2) is 0 Å². The summed E-state index contributed by atoms with van der Waals surface area (Å²) in [5.41, 5.74) is 0.999. The Morgan fingerprint density at radius 2 is 1.89 bits per heavy atom. The van der Waals surface area contributed by atoms with Gasteiger partial charge < -0.3 is 14.2 Å². The molecule has 6 nitrogen and oxygen atoms in total. The van der Waals surface area contributed by atoms with Gasteiger partial charge >= 0.3 is 0 Å². The lowest BCUT2D eigenvalue weighted by Crippen LogP contribution is -2.44. The molecule has 2 fully saturated rings. The van der Waals surface area contributed by atoms with Crippen LogP contribution >= 0.6 is 0 Å². The number of carbonyl (C=O) groups excluding carboxylic acids is 2. The van der Waals surface area contributed by atoms with Crippen LogP contribution in [-0.2, 0) is 22.7 Å². The number of hydrogen-bond donors (Lipinski definition) is 0. The Balaban J connectivity index is 1.41. The highest BCUT2D eigenvalue weighted by Crippen LogP contribution is 2.32. The van der Waals surface area contributed by atoms with Crippen LogP contribution in [0.15, 0.2) is 47.3 Å². The molecule has 4 rings (SSSR count). The number of pyridine rings is 1. The van der Waals surface area contributed by atoms with Gasteiger partial charge in [-0.15, -0.1) is 0 Å². The van der Waals surface area contributed by atoms with Crippen LogP contribution in [0.3, 0.4) is 0 Å². The average Bonchev–Trinajstić information content (AvgIpc) is 3.44. The lowest BCUT2D eigenvalue weighted by molar-refractivity contribution is -0.142. The number of likely N-dealkylation sites (tertiary alicyclic amines) is 1. The second-order valence-corrected chi connectivity index (χ2v) is 7.51. The summed E-state index contributed by atoms with van der Waals surface area (Å²) in [4.78, 5) is 33.4. The van der Waals surface area contributed by atoms with E-state index in [9.17, 15) is 9.59 Å². The zero-order valence-electron chi connectivity index (χ0n) is 15.4. The molecule has 0 atom stereocenters. The highest BCUT2D eigenvalue weighted by atomic mass is 16.3. The highest BCUT2D eigenvalue weighted by molar-refractivity contribution is 5.82. The summed E-state index contributed by atoms with van der Waals surface area (Å²) in [6, 6.07) is 7.59. The molecule has 1 aliphatic heterocycles. The minimum absolute atomic E-state index is 0.0418. The van der Waals surface area contributed by atoms with Crippen LogP contribution in [0.2, 0.25) is 0 Å². The predicted octanol–water partition coefficient (Wildman–Crippen LogP) is 2.85. The number of hydrogen-bond acceptors (Lipinski definition) is 4.